The summed E-state index contributed by atoms with van der Waals surface area (Å²) in [5.41, 5.74) is 0. The number of ether oxygens (including phenoxy) is 2. The molecule has 0 aromatic carbocycles. The van der Waals surface area contributed by atoms with Gasteiger partial charge < -0.3 is 9.47 Å². The minimum atomic E-state index is 0.200. The SMILES string of the molecule is C1CCC(CCC2CC3OC3O2)CC1. The molecule has 0 aromatic rings. The quantitative estimate of drug-likeness (QED) is 0.647. The van der Waals surface area contributed by atoms with Crippen molar-refractivity contribution in [2.75, 3.05) is 0 Å². The number of rotatable bonds is 3. The third-order valence-electron chi connectivity index (χ3n) is 3.98. The Balaban J connectivity index is 1.36. The zero-order valence-electron chi connectivity index (χ0n) is 8.78. The van der Waals surface area contributed by atoms with Crippen molar-refractivity contribution in [2.45, 2.75) is 69.9 Å². The number of hydrogen-bond donors (Lipinski definition) is 0. The Bertz CT molecular complexity index is 186. The summed E-state index contributed by atoms with van der Waals surface area (Å²) in [6.45, 7) is 0. The zero-order valence-corrected chi connectivity index (χ0v) is 8.78. The van der Waals surface area contributed by atoms with E-state index in [-0.39, 0.29) is 6.29 Å². The number of fused-ring (bicyclic) bond motifs is 1. The van der Waals surface area contributed by atoms with Crippen molar-refractivity contribution in [1.29, 1.82) is 0 Å². The Morgan fingerprint density at radius 3 is 2.50 bits per heavy atom. The van der Waals surface area contributed by atoms with Crippen LogP contribution in [0.4, 0.5) is 0 Å². The van der Waals surface area contributed by atoms with Gasteiger partial charge in [-0.1, -0.05) is 32.1 Å². The molecule has 2 heterocycles. The van der Waals surface area contributed by atoms with Crippen LogP contribution in [0.15, 0.2) is 0 Å². The Hall–Kier alpha value is -0.0800. The van der Waals surface area contributed by atoms with Crippen molar-refractivity contribution in [3.05, 3.63) is 0 Å². The summed E-state index contributed by atoms with van der Waals surface area (Å²) in [4.78, 5) is 0. The lowest BCUT2D eigenvalue weighted by Crippen LogP contribution is -2.13. The van der Waals surface area contributed by atoms with Crippen LogP contribution in [0.1, 0.15) is 51.4 Å². The van der Waals surface area contributed by atoms with Gasteiger partial charge in [0.25, 0.3) is 0 Å². The van der Waals surface area contributed by atoms with Gasteiger partial charge in [-0.15, -0.1) is 0 Å². The molecule has 1 aliphatic carbocycles. The second kappa shape index (κ2) is 3.82. The van der Waals surface area contributed by atoms with E-state index in [2.05, 4.69) is 0 Å². The summed E-state index contributed by atoms with van der Waals surface area (Å²) in [6, 6.07) is 0. The zero-order chi connectivity index (χ0) is 9.38. The molecular formula is C12H20O2. The molecule has 3 unspecified atom stereocenters. The van der Waals surface area contributed by atoms with Crippen LogP contribution in [0.25, 0.3) is 0 Å². The van der Waals surface area contributed by atoms with E-state index < -0.39 is 0 Å². The van der Waals surface area contributed by atoms with Crippen LogP contribution in [0.2, 0.25) is 0 Å². The highest BCUT2D eigenvalue weighted by Crippen LogP contribution is 2.39. The Morgan fingerprint density at radius 2 is 1.79 bits per heavy atom. The van der Waals surface area contributed by atoms with Crippen LogP contribution >= 0.6 is 0 Å². The van der Waals surface area contributed by atoms with Gasteiger partial charge >= 0.3 is 0 Å². The molecule has 0 aromatic heterocycles. The van der Waals surface area contributed by atoms with Gasteiger partial charge in [0, 0.05) is 6.42 Å². The fraction of sp³-hybridized carbons (Fsp3) is 1.00. The second-order valence-corrected chi connectivity index (χ2v) is 5.12. The molecule has 0 spiro atoms. The fourth-order valence-corrected chi connectivity index (χ4v) is 3.00. The molecule has 80 valence electrons. The highest BCUT2D eigenvalue weighted by molar-refractivity contribution is 4.88. The molecule has 0 N–H and O–H groups in total. The number of hydrogen-bond acceptors (Lipinski definition) is 2. The van der Waals surface area contributed by atoms with E-state index in [4.69, 9.17) is 9.47 Å². The lowest BCUT2D eigenvalue weighted by molar-refractivity contribution is -0.0178. The van der Waals surface area contributed by atoms with E-state index in [0.717, 1.165) is 12.3 Å². The molecule has 2 nitrogen and oxygen atoms in total. The maximum atomic E-state index is 5.70. The van der Waals surface area contributed by atoms with Gasteiger partial charge in [0.05, 0.1) is 6.10 Å². The summed E-state index contributed by atoms with van der Waals surface area (Å²) in [7, 11) is 0. The molecule has 0 bridgehead atoms. The Labute approximate surface area is 86.0 Å². The lowest BCUT2D eigenvalue weighted by Gasteiger charge is -2.22. The highest BCUT2D eigenvalue weighted by Gasteiger charge is 2.49. The molecule has 2 aliphatic heterocycles. The van der Waals surface area contributed by atoms with Crippen molar-refractivity contribution in [3.63, 3.8) is 0 Å². The van der Waals surface area contributed by atoms with Crippen molar-refractivity contribution in [2.24, 2.45) is 5.92 Å². The van der Waals surface area contributed by atoms with E-state index in [1.165, 1.54) is 44.9 Å². The predicted molar refractivity (Wildman–Crippen MR) is 54.0 cm³/mol. The van der Waals surface area contributed by atoms with Gasteiger partial charge in [-0.05, 0) is 18.8 Å². The molecule has 3 rings (SSSR count). The van der Waals surface area contributed by atoms with Crippen LogP contribution in [-0.2, 0) is 9.47 Å². The van der Waals surface area contributed by atoms with Gasteiger partial charge in [-0.3, -0.25) is 0 Å². The molecule has 2 heteroatoms. The first-order valence-electron chi connectivity index (χ1n) is 6.23. The summed E-state index contributed by atoms with van der Waals surface area (Å²) in [5.74, 6) is 1.00. The van der Waals surface area contributed by atoms with Gasteiger partial charge in [0.15, 0.2) is 6.29 Å². The molecule has 3 aliphatic rings. The first-order chi connectivity index (χ1) is 6.92. The van der Waals surface area contributed by atoms with Crippen LogP contribution in [-0.4, -0.2) is 18.5 Å². The first kappa shape index (κ1) is 9.17. The van der Waals surface area contributed by atoms with Crippen LogP contribution in [0, 0.1) is 5.92 Å². The van der Waals surface area contributed by atoms with E-state index in [9.17, 15) is 0 Å². The number of epoxide rings is 1. The third-order valence-corrected chi connectivity index (χ3v) is 3.98. The van der Waals surface area contributed by atoms with Crippen LogP contribution in [0.3, 0.4) is 0 Å². The summed E-state index contributed by atoms with van der Waals surface area (Å²) >= 11 is 0. The first-order valence-corrected chi connectivity index (χ1v) is 6.23. The molecule has 1 saturated carbocycles. The third kappa shape index (κ3) is 1.96. The highest BCUT2D eigenvalue weighted by atomic mass is 16.8. The van der Waals surface area contributed by atoms with E-state index in [1.807, 2.05) is 0 Å². The predicted octanol–water partition coefficient (Wildman–Crippen LogP) is 2.86. The second-order valence-electron chi connectivity index (χ2n) is 5.12. The summed E-state index contributed by atoms with van der Waals surface area (Å²) < 4.78 is 11.0. The molecule has 3 atom stereocenters. The monoisotopic (exact) mass is 196 g/mol. The van der Waals surface area contributed by atoms with E-state index >= 15 is 0 Å². The Kier molecular flexibility index (Phi) is 2.50. The molecule has 0 amide bonds. The average molecular weight is 196 g/mol. The van der Waals surface area contributed by atoms with Crippen molar-refractivity contribution >= 4 is 0 Å². The molecule has 2 saturated heterocycles. The smallest absolute Gasteiger partial charge is 0.184 e. The largest absolute Gasteiger partial charge is 0.347 e. The van der Waals surface area contributed by atoms with Gasteiger partial charge in [0.1, 0.15) is 6.10 Å². The van der Waals surface area contributed by atoms with Crippen molar-refractivity contribution < 1.29 is 9.47 Å². The maximum absolute atomic E-state index is 5.70. The minimum Gasteiger partial charge on any atom is -0.347 e. The molecular weight excluding hydrogens is 176 g/mol. The summed E-state index contributed by atoms with van der Waals surface area (Å²) in [6.07, 6.45) is 12.4. The van der Waals surface area contributed by atoms with Gasteiger partial charge in [-0.2, -0.15) is 0 Å². The van der Waals surface area contributed by atoms with Crippen molar-refractivity contribution in [1.82, 2.24) is 0 Å². The van der Waals surface area contributed by atoms with Crippen molar-refractivity contribution in [3.8, 4) is 0 Å². The standard InChI is InChI=1S/C12H20O2/c1-2-4-9(5-3-1)6-7-10-8-11-12(13-10)14-11/h9-12H,1-8H2. The molecule has 0 radical (unpaired) electrons. The normalized spacial score (nSPS) is 42.4. The maximum Gasteiger partial charge on any atom is 0.184 e. The van der Waals surface area contributed by atoms with E-state index in [0.29, 0.717) is 12.2 Å². The van der Waals surface area contributed by atoms with Crippen LogP contribution in [0.5, 0.6) is 0 Å². The summed E-state index contributed by atoms with van der Waals surface area (Å²) in [5, 5.41) is 0. The van der Waals surface area contributed by atoms with Gasteiger partial charge in [0.2, 0.25) is 0 Å². The topological polar surface area (TPSA) is 21.8 Å². The Morgan fingerprint density at radius 1 is 0.929 bits per heavy atom. The molecule has 3 fully saturated rings. The van der Waals surface area contributed by atoms with Crippen LogP contribution < -0.4 is 0 Å². The molecule has 14 heavy (non-hydrogen) atoms. The average Bonchev–Trinajstić information content (AvgIpc) is 2.85. The lowest BCUT2D eigenvalue weighted by atomic mass is 9.85. The van der Waals surface area contributed by atoms with Gasteiger partial charge in [-0.25, -0.2) is 0 Å². The minimum absolute atomic E-state index is 0.200. The fourth-order valence-electron chi connectivity index (χ4n) is 3.00. The van der Waals surface area contributed by atoms with E-state index in [1.54, 1.807) is 0 Å².